The Morgan fingerprint density at radius 1 is 1.31 bits per heavy atom. The highest BCUT2D eigenvalue weighted by molar-refractivity contribution is 6.12. The van der Waals surface area contributed by atoms with E-state index in [2.05, 4.69) is 5.32 Å². The first kappa shape index (κ1) is 20.6. The van der Waals surface area contributed by atoms with Gasteiger partial charge in [0, 0.05) is 22.9 Å². The van der Waals surface area contributed by atoms with Gasteiger partial charge < -0.3 is 19.9 Å². The number of carbonyl (C=O) groups is 3. The molecule has 0 saturated heterocycles. The highest BCUT2D eigenvalue weighted by atomic mass is 16.5. The molecule has 2 aliphatic rings. The first-order chi connectivity index (χ1) is 13.8. The number of methoxy groups -OCH3 is 1. The third kappa shape index (κ3) is 3.64. The van der Waals surface area contributed by atoms with Gasteiger partial charge in [0.2, 0.25) is 0 Å². The molecule has 154 valence electrons. The summed E-state index contributed by atoms with van der Waals surface area (Å²) in [7, 11) is 1.26. The summed E-state index contributed by atoms with van der Waals surface area (Å²) in [6, 6.07) is 6.43. The van der Waals surface area contributed by atoms with Crippen LogP contribution in [0.15, 0.2) is 46.8 Å². The molecular weight excluding hydrogens is 374 g/mol. The number of carbonyl (C=O) groups excluding carboxylic acids is 3. The molecule has 0 aromatic heterocycles. The van der Waals surface area contributed by atoms with Crippen LogP contribution in [-0.2, 0) is 23.9 Å². The number of phenols is 1. The van der Waals surface area contributed by atoms with E-state index < -0.39 is 23.8 Å². The number of allylic oxidation sites excluding steroid dienone is 3. The standard InChI is InChI=1S/C22H25NO6/c1-5-29-22(27)17-12(3)23-15-9-11(2)16(21(26)28-4)20(25)19(15)18(17)13-7-6-8-14(24)10-13/h6-8,10-11,16,18,23-24H,5,9H2,1-4H3. The Labute approximate surface area is 169 Å². The number of hydrogen-bond donors (Lipinski definition) is 2. The molecule has 1 aromatic rings. The lowest BCUT2D eigenvalue weighted by atomic mass is 9.69. The van der Waals surface area contributed by atoms with Crippen molar-refractivity contribution in [2.75, 3.05) is 13.7 Å². The molecule has 0 amide bonds. The minimum atomic E-state index is -0.942. The van der Waals surface area contributed by atoms with Gasteiger partial charge in [-0.1, -0.05) is 19.1 Å². The summed E-state index contributed by atoms with van der Waals surface area (Å²) in [6.07, 6.45) is 0.462. The normalized spacial score (nSPS) is 24.0. The van der Waals surface area contributed by atoms with Crippen LogP contribution >= 0.6 is 0 Å². The Morgan fingerprint density at radius 2 is 2.03 bits per heavy atom. The monoisotopic (exact) mass is 399 g/mol. The van der Waals surface area contributed by atoms with Gasteiger partial charge in [-0.15, -0.1) is 0 Å². The number of hydrogen-bond acceptors (Lipinski definition) is 7. The van der Waals surface area contributed by atoms with Crippen LogP contribution in [-0.4, -0.2) is 36.5 Å². The zero-order valence-corrected chi connectivity index (χ0v) is 16.9. The Kier molecular flexibility index (Phi) is 5.77. The number of Topliss-reactive ketones (excluding diaryl/α,β-unsaturated/α-hetero) is 1. The quantitative estimate of drug-likeness (QED) is 0.593. The molecule has 0 spiro atoms. The van der Waals surface area contributed by atoms with Crippen LogP contribution in [0.2, 0.25) is 0 Å². The van der Waals surface area contributed by atoms with Crippen LogP contribution in [0.5, 0.6) is 5.75 Å². The molecular formula is C22H25NO6. The summed E-state index contributed by atoms with van der Waals surface area (Å²) in [6.45, 7) is 5.48. The van der Waals surface area contributed by atoms with Crippen LogP contribution < -0.4 is 5.32 Å². The largest absolute Gasteiger partial charge is 0.508 e. The summed E-state index contributed by atoms with van der Waals surface area (Å²) in [5, 5.41) is 13.2. The second kappa shape index (κ2) is 8.11. The van der Waals surface area contributed by atoms with E-state index in [0.29, 0.717) is 34.5 Å². The topological polar surface area (TPSA) is 102 Å². The maximum Gasteiger partial charge on any atom is 0.336 e. The van der Waals surface area contributed by atoms with E-state index in [-0.39, 0.29) is 24.1 Å². The highest BCUT2D eigenvalue weighted by Crippen LogP contribution is 2.45. The number of ether oxygens (including phenoxy) is 2. The van der Waals surface area contributed by atoms with Crippen LogP contribution in [0.3, 0.4) is 0 Å². The Bertz CT molecular complexity index is 929. The molecule has 7 heteroatoms. The highest BCUT2D eigenvalue weighted by Gasteiger charge is 2.47. The maximum atomic E-state index is 13.4. The maximum absolute atomic E-state index is 13.4. The minimum Gasteiger partial charge on any atom is -0.508 e. The van der Waals surface area contributed by atoms with Crippen LogP contribution in [0.1, 0.15) is 38.7 Å². The van der Waals surface area contributed by atoms with Crippen molar-refractivity contribution < 1.29 is 29.0 Å². The fraction of sp³-hybridized carbons (Fsp3) is 0.409. The van der Waals surface area contributed by atoms with E-state index in [1.54, 1.807) is 26.0 Å². The number of aromatic hydroxyl groups is 1. The molecule has 7 nitrogen and oxygen atoms in total. The zero-order valence-electron chi connectivity index (χ0n) is 16.9. The van der Waals surface area contributed by atoms with Gasteiger partial charge in [-0.05, 0) is 43.9 Å². The number of phenolic OH excluding ortho intramolecular Hbond substituents is 1. The molecule has 1 aliphatic carbocycles. The summed E-state index contributed by atoms with van der Waals surface area (Å²) in [5.41, 5.74) is 2.49. The second-order valence-electron chi connectivity index (χ2n) is 7.35. The van der Waals surface area contributed by atoms with E-state index in [1.165, 1.54) is 19.2 Å². The minimum absolute atomic E-state index is 0.0187. The van der Waals surface area contributed by atoms with Crippen LogP contribution in [0.4, 0.5) is 0 Å². The summed E-state index contributed by atoms with van der Waals surface area (Å²) < 4.78 is 10.1. The van der Waals surface area contributed by atoms with E-state index in [0.717, 1.165) is 0 Å². The Morgan fingerprint density at radius 3 is 2.66 bits per heavy atom. The van der Waals surface area contributed by atoms with Crippen molar-refractivity contribution in [1.29, 1.82) is 0 Å². The smallest absolute Gasteiger partial charge is 0.336 e. The third-order valence-corrected chi connectivity index (χ3v) is 5.44. The Balaban J connectivity index is 2.19. The van der Waals surface area contributed by atoms with Crippen molar-refractivity contribution in [2.45, 2.75) is 33.1 Å². The number of nitrogens with one attached hydrogen (secondary N) is 1. The molecule has 0 fully saturated rings. The SMILES string of the molecule is CCOC(=O)C1=C(C)NC2=C(C(=O)C(C(=O)OC)C(C)C2)C1c1cccc(O)c1. The van der Waals surface area contributed by atoms with Crippen molar-refractivity contribution >= 4 is 17.7 Å². The molecule has 2 N–H and O–H groups in total. The summed E-state index contributed by atoms with van der Waals surface area (Å²) in [4.78, 5) is 38.5. The summed E-state index contributed by atoms with van der Waals surface area (Å²) in [5.74, 6) is -3.42. The van der Waals surface area contributed by atoms with Gasteiger partial charge >= 0.3 is 11.9 Å². The predicted octanol–water partition coefficient (Wildman–Crippen LogP) is 2.57. The molecule has 0 bridgehead atoms. The summed E-state index contributed by atoms with van der Waals surface area (Å²) >= 11 is 0. The first-order valence-electron chi connectivity index (χ1n) is 9.59. The molecule has 3 rings (SSSR count). The van der Waals surface area contributed by atoms with Gasteiger partial charge in [-0.3, -0.25) is 9.59 Å². The van der Waals surface area contributed by atoms with Gasteiger partial charge in [-0.2, -0.15) is 0 Å². The van der Waals surface area contributed by atoms with Gasteiger partial charge in [0.25, 0.3) is 0 Å². The lowest BCUT2D eigenvalue weighted by Crippen LogP contribution is -2.43. The first-order valence-corrected chi connectivity index (χ1v) is 9.59. The lowest BCUT2D eigenvalue weighted by Gasteiger charge is -2.38. The van der Waals surface area contributed by atoms with Crippen LogP contribution in [0.25, 0.3) is 0 Å². The predicted molar refractivity (Wildman–Crippen MR) is 105 cm³/mol. The molecule has 1 aromatic carbocycles. The van der Waals surface area contributed by atoms with Gasteiger partial charge in [-0.25, -0.2) is 4.79 Å². The van der Waals surface area contributed by atoms with E-state index in [9.17, 15) is 19.5 Å². The van der Waals surface area contributed by atoms with Crippen molar-refractivity contribution in [1.82, 2.24) is 5.32 Å². The van der Waals surface area contributed by atoms with E-state index in [1.807, 2.05) is 6.92 Å². The number of dihydropyridines is 1. The molecule has 1 heterocycles. The second-order valence-corrected chi connectivity index (χ2v) is 7.35. The molecule has 0 radical (unpaired) electrons. The molecule has 0 saturated carbocycles. The van der Waals surface area contributed by atoms with Crippen molar-refractivity contribution in [3.05, 3.63) is 52.4 Å². The van der Waals surface area contributed by atoms with Crippen molar-refractivity contribution in [2.24, 2.45) is 11.8 Å². The average molecular weight is 399 g/mol. The van der Waals surface area contributed by atoms with Gasteiger partial charge in [0.1, 0.15) is 11.7 Å². The molecule has 1 aliphatic heterocycles. The Hall–Kier alpha value is -3.09. The van der Waals surface area contributed by atoms with Gasteiger partial charge in [0.15, 0.2) is 5.78 Å². The van der Waals surface area contributed by atoms with E-state index >= 15 is 0 Å². The average Bonchev–Trinajstić information content (AvgIpc) is 2.66. The number of benzene rings is 1. The number of rotatable bonds is 4. The van der Waals surface area contributed by atoms with E-state index in [4.69, 9.17) is 9.47 Å². The van der Waals surface area contributed by atoms with Crippen LogP contribution in [0, 0.1) is 11.8 Å². The zero-order chi connectivity index (χ0) is 21.3. The third-order valence-electron chi connectivity index (χ3n) is 5.44. The van der Waals surface area contributed by atoms with Crippen molar-refractivity contribution in [3.8, 4) is 5.75 Å². The number of ketones is 1. The molecule has 3 unspecified atom stereocenters. The number of esters is 2. The molecule has 29 heavy (non-hydrogen) atoms. The van der Waals surface area contributed by atoms with Crippen molar-refractivity contribution in [3.63, 3.8) is 0 Å². The fourth-order valence-corrected chi connectivity index (χ4v) is 4.20. The fourth-order valence-electron chi connectivity index (χ4n) is 4.20. The van der Waals surface area contributed by atoms with Gasteiger partial charge in [0.05, 0.1) is 19.3 Å². The molecule has 3 atom stereocenters. The lowest BCUT2D eigenvalue weighted by molar-refractivity contribution is -0.151.